The maximum Gasteiger partial charge on any atom is 0.256 e. The van der Waals surface area contributed by atoms with Crippen molar-refractivity contribution in [1.29, 1.82) is 0 Å². The van der Waals surface area contributed by atoms with E-state index < -0.39 is 0 Å². The molecule has 11 rings (SSSR count). The first kappa shape index (κ1) is 47.9. The molecule has 0 bridgehead atoms. The molecule has 0 aliphatic heterocycles. The van der Waals surface area contributed by atoms with Gasteiger partial charge in [-0.2, -0.15) is 10.2 Å². The van der Waals surface area contributed by atoms with Crippen LogP contribution in [0.5, 0.6) is 28.7 Å². The van der Waals surface area contributed by atoms with Gasteiger partial charge < -0.3 is 44.5 Å². The van der Waals surface area contributed by atoms with Crippen LogP contribution in [0.3, 0.4) is 0 Å². The highest BCUT2D eigenvalue weighted by molar-refractivity contribution is 6.04. The van der Waals surface area contributed by atoms with Crippen LogP contribution in [-0.4, -0.2) is 71.3 Å². The van der Waals surface area contributed by atoms with Crippen LogP contribution in [0.2, 0.25) is 0 Å². The molecule has 2 fully saturated rings. The van der Waals surface area contributed by atoms with Crippen molar-refractivity contribution >= 4 is 57.2 Å². The van der Waals surface area contributed by atoms with Crippen LogP contribution in [0.1, 0.15) is 102 Å². The smallest absolute Gasteiger partial charge is 0.256 e. The predicted octanol–water partition coefficient (Wildman–Crippen LogP) is 11.6. The second kappa shape index (κ2) is 22.1. The molecule has 5 N–H and O–H groups in total. The van der Waals surface area contributed by atoms with Crippen LogP contribution < -0.4 is 35.5 Å². The Morgan fingerprint density at radius 3 is 1.66 bits per heavy atom. The minimum absolute atomic E-state index is 0.273. The number of nitrogens with one attached hydrogen (secondary N) is 5. The molecular formula is C54H56N12O7. The molecule has 19 heteroatoms. The summed E-state index contributed by atoms with van der Waals surface area (Å²) in [6.45, 7) is 4.09. The summed E-state index contributed by atoms with van der Waals surface area (Å²) in [7, 11) is 1.66. The standard InChI is InChI=1S/C31H32N6O4.C23H24N6O3/c1-20-18-27(36-41-20)34-31(38)22-10-14-25(15-11-22)40-26-16-17-32-30-28(26)29(33-23-6-4-3-5-7-23)35-37(30)19-21-8-12-24(39-2)13-9-21;1-14-13-19(29-32-14)26-23(30)15-7-9-17(10-8-15)31-18-11-12-24-21-20(18)22(28-27-21)25-16-5-3-2-4-6-16/h8-18,23H,3-7,19H2,1-2H3,(H,33,35)(H,34,36,38);7-13,16H,2-6H2,1H3,(H,26,29,30)(H2,24,25,27,28). The van der Waals surface area contributed by atoms with Crippen LogP contribution >= 0.6 is 0 Å². The van der Waals surface area contributed by atoms with E-state index in [1.165, 1.54) is 38.5 Å². The van der Waals surface area contributed by atoms with Crippen LogP contribution in [-0.2, 0) is 6.54 Å². The van der Waals surface area contributed by atoms with Gasteiger partial charge in [-0.25, -0.2) is 14.6 Å². The lowest BCUT2D eigenvalue weighted by molar-refractivity contribution is 0.101. The molecule has 3 aromatic carbocycles. The molecule has 0 atom stereocenters. The molecule has 9 aromatic rings. The number of benzene rings is 3. The van der Waals surface area contributed by atoms with E-state index in [1.54, 1.807) is 94.0 Å². The van der Waals surface area contributed by atoms with E-state index in [0.29, 0.717) is 81.6 Å². The van der Waals surface area contributed by atoms with Crippen molar-refractivity contribution in [2.75, 3.05) is 28.4 Å². The van der Waals surface area contributed by atoms with E-state index in [-0.39, 0.29) is 11.8 Å². The first-order chi connectivity index (χ1) is 35.7. The Labute approximate surface area is 420 Å². The van der Waals surface area contributed by atoms with Crippen molar-refractivity contribution < 1.29 is 32.8 Å². The number of amides is 2. The molecular weight excluding hydrogens is 929 g/mol. The number of ether oxygens (including phenoxy) is 3. The van der Waals surface area contributed by atoms with Crippen LogP contribution in [0.15, 0.2) is 119 Å². The zero-order chi connectivity index (χ0) is 50.1. The van der Waals surface area contributed by atoms with Gasteiger partial charge in [0.25, 0.3) is 11.8 Å². The summed E-state index contributed by atoms with van der Waals surface area (Å²) >= 11 is 0. The molecule has 19 nitrogen and oxygen atoms in total. The summed E-state index contributed by atoms with van der Waals surface area (Å²) in [6, 6.07) is 29.6. The Kier molecular flexibility index (Phi) is 14.5. The molecule has 0 unspecified atom stereocenters. The van der Waals surface area contributed by atoms with E-state index in [9.17, 15) is 9.59 Å². The lowest BCUT2D eigenvalue weighted by Gasteiger charge is -2.22. The molecule has 374 valence electrons. The molecule has 2 aliphatic carbocycles. The monoisotopic (exact) mass is 984 g/mol. The van der Waals surface area contributed by atoms with Crippen LogP contribution in [0, 0.1) is 13.8 Å². The van der Waals surface area contributed by atoms with Crippen molar-refractivity contribution in [3.63, 3.8) is 0 Å². The Morgan fingerprint density at radius 1 is 0.630 bits per heavy atom. The van der Waals surface area contributed by atoms with Gasteiger partial charge >= 0.3 is 0 Å². The number of carbonyl (C=O) groups is 2. The molecule has 2 amide bonds. The lowest BCUT2D eigenvalue weighted by Crippen LogP contribution is -2.22. The second-order valence-electron chi connectivity index (χ2n) is 18.2. The second-order valence-corrected chi connectivity index (χ2v) is 18.2. The number of aromatic nitrogens is 8. The highest BCUT2D eigenvalue weighted by Crippen LogP contribution is 2.37. The van der Waals surface area contributed by atoms with E-state index in [1.807, 2.05) is 41.1 Å². The summed E-state index contributed by atoms with van der Waals surface area (Å²) in [5.41, 5.74) is 3.45. The SMILES string of the molecule is COc1ccc(Cn2nc(NC3CCCCC3)c3c(Oc4ccc(C(=O)Nc5cc(C)on5)cc4)ccnc32)cc1.Cc1cc(NC(=O)c2ccc(Oc3ccnc4[nH]nc(NC5CCCCC5)c34)cc2)no1. The first-order valence-corrected chi connectivity index (χ1v) is 24.6. The van der Waals surface area contributed by atoms with Gasteiger partial charge in [-0.1, -0.05) is 61.0 Å². The fourth-order valence-corrected chi connectivity index (χ4v) is 9.09. The Morgan fingerprint density at radius 2 is 1.14 bits per heavy atom. The maximum absolute atomic E-state index is 12.6. The summed E-state index contributed by atoms with van der Waals surface area (Å²) in [5.74, 6) is 6.28. The Bertz CT molecular complexity index is 3300. The number of H-pyrrole nitrogens is 1. The average Bonchev–Trinajstić information content (AvgIpc) is 4.22. The average molecular weight is 985 g/mol. The Hall–Kier alpha value is -8.74. The summed E-state index contributed by atoms with van der Waals surface area (Å²) in [6.07, 6.45) is 15.4. The number of nitrogens with zero attached hydrogens (tertiary/aromatic N) is 7. The van der Waals surface area contributed by atoms with Crippen LogP contribution in [0.4, 0.5) is 23.3 Å². The minimum Gasteiger partial charge on any atom is -0.497 e. The number of aryl methyl sites for hydroxylation is 2. The fraction of sp³-hybridized carbons (Fsp3) is 0.296. The maximum atomic E-state index is 12.6. The summed E-state index contributed by atoms with van der Waals surface area (Å²) < 4.78 is 29.7. The van der Waals surface area contributed by atoms with Crippen molar-refractivity contribution in [3.8, 4) is 28.7 Å². The van der Waals surface area contributed by atoms with Crippen molar-refractivity contribution in [3.05, 3.63) is 138 Å². The molecule has 0 saturated heterocycles. The normalized spacial score (nSPS) is 14.0. The number of hydrogen-bond acceptors (Lipinski definition) is 15. The number of methoxy groups -OCH3 is 1. The van der Waals surface area contributed by atoms with E-state index in [0.717, 1.165) is 65.1 Å². The minimum atomic E-state index is -0.282. The van der Waals surface area contributed by atoms with Gasteiger partial charge in [0, 0.05) is 59.9 Å². The highest BCUT2D eigenvalue weighted by Gasteiger charge is 2.23. The third-order valence-electron chi connectivity index (χ3n) is 12.8. The van der Waals surface area contributed by atoms with Crippen molar-refractivity contribution in [1.82, 2.24) is 40.3 Å². The number of fused-ring (bicyclic) bond motifs is 2. The summed E-state index contributed by atoms with van der Waals surface area (Å²) in [5, 5.41) is 34.3. The van der Waals surface area contributed by atoms with Crippen molar-refractivity contribution in [2.24, 2.45) is 0 Å². The molecule has 0 spiro atoms. The molecule has 6 heterocycles. The number of rotatable bonds is 15. The van der Waals surface area contributed by atoms with Crippen molar-refractivity contribution in [2.45, 2.75) is 96.7 Å². The van der Waals surface area contributed by atoms with E-state index >= 15 is 0 Å². The van der Waals surface area contributed by atoms with Gasteiger partial charge in [0.1, 0.15) is 51.0 Å². The third kappa shape index (κ3) is 11.7. The quantitative estimate of drug-likeness (QED) is 0.0642. The largest absolute Gasteiger partial charge is 0.497 e. The number of hydrogen-bond donors (Lipinski definition) is 5. The number of carbonyl (C=O) groups excluding carboxylic acids is 2. The Balaban J connectivity index is 0.000000173. The number of aromatic amines is 1. The van der Waals surface area contributed by atoms with Crippen LogP contribution in [0.25, 0.3) is 22.1 Å². The van der Waals surface area contributed by atoms with Gasteiger partial charge in [-0.05, 0) is 106 Å². The molecule has 6 aromatic heterocycles. The third-order valence-corrected chi connectivity index (χ3v) is 12.8. The van der Waals surface area contributed by atoms with Gasteiger partial charge in [0.05, 0.1) is 13.7 Å². The summed E-state index contributed by atoms with van der Waals surface area (Å²) in [4.78, 5) is 34.1. The molecule has 0 radical (unpaired) electrons. The van der Waals surface area contributed by atoms with Gasteiger partial charge in [-0.15, -0.1) is 0 Å². The molecule has 73 heavy (non-hydrogen) atoms. The lowest BCUT2D eigenvalue weighted by atomic mass is 9.95. The molecule has 2 aliphatic rings. The first-order valence-electron chi connectivity index (χ1n) is 24.6. The van der Waals surface area contributed by atoms with Gasteiger partial charge in [-0.3, -0.25) is 14.7 Å². The van der Waals surface area contributed by atoms with E-state index in [2.05, 4.69) is 46.8 Å². The molecule has 2 saturated carbocycles. The number of pyridine rings is 2. The fourth-order valence-electron chi connectivity index (χ4n) is 9.09. The highest BCUT2D eigenvalue weighted by atomic mass is 16.5. The topological polar surface area (TPSA) is 234 Å². The zero-order valence-electron chi connectivity index (χ0n) is 40.8. The predicted molar refractivity (Wildman–Crippen MR) is 276 cm³/mol. The zero-order valence-corrected chi connectivity index (χ0v) is 40.8. The van der Waals surface area contributed by atoms with E-state index in [4.69, 9.17) is 33.3 Å². The van der Waals surface area contributed by atoms with Gasteiger partial charge in [0.2, 0.25) is 0 Å². The van der Waals surface area contributed by atoms with Gasteiger partial charge in [0.15, 0.2) is 34.6 Å². The number of anilines is 4.